The zero-order valence-corrected chi connectivity index (χ0v) is 11.1. The summed E-state index contributed by atoms with van der Waals surface area (Å²) in [6, 6.07) is 3.88. The van der Waals surface area contributed by atoms with Crippen LogP contribution in [0.4, 0.5) is 24.5 Å². The van der Waals surface area contributed by atoms with Gasteiger partial charge in [-0.1, -0.05) is 0 Å². The van der Waals surface area contributed by atoms with E-state index in [9.17, 15) is 18.3 Å². The molecule has 0 spiro atoms. The molecule has 1 aliphatic carbocycles. The molecule has 0 saturated heterocycles. The van der Waals surface area contributed by atoms with Crippen molar-refractivity contribution >= 4 is 11.4 Å². The molecule has 1 aromatic carbocycles. The Kier molecular flexibility index (Phi) is 4.42. The molecule has 6 heteroatoms. The van der Waals surface area contributed by atoms with Crippen LogP contribution >= 0.6 is 0 Å². The van der Waals surface area contributed by atoms with Crippen LogP contribution in [0.2, 0.25) is 0 Å². The topological polar surface area (TPSA) is 58.3 Å². The molecule has 1 aromatic rings. The molecule has 2 rings (SSSR count). The number of nitrogen functional groups attached to an aromatic ring is 1. The maximum absolute atomic E-state index is 12.7. The lowest BCUT2D eigenvalue weighted by Gasteiger charge is -2.26. The normalized spacial score (nSPS) is 23.6. The molecule has 0 radical (unpaired) electrons. The van der Waals surface area contributed by atoms with Gasteiger partial charge in [-0.3, -0.25) is 0 Å². The summed E-state index contributed by atoms with van der Waals surface area (Å²) < 4.78 is 38.2. The number of halogens is 3. The Morgan fingerprint density at radius 1 is 1.20 bits per heavy atom. The smallest absolute Gasteiger partial charge is 0.398 e. The van der Waals surface area contributed by atoms with Crippen molar-refractivity contribution in [3.63, 3.8) is 0 Å². The number of anilines is 2. The molecule has 0 amide bonds. The van der Waals surface area contributed by atoms with Crippen molar-refractivity contribution < 1.29 is 18.3 Å². The van der Waals surface area contributed by atoms with Crippen molar-refractivity contribution in [2.45, 2.75) is 38.0 Å². The number of rotatable bonds is 3. The first kappa shape index (κ1) is 15.0. The lowest BCUT2D eigenvalue weighted by atomic mass is 9.87. The highest BCUT2D eigenvalue weighted by atomic mass is 19.4. The van der Waals surface area contributed by atoms with Gasteiger partial charge in [0.05, 0.1) is 11.7 Å². The lowest BCUT2D eigenvalue weighted by Crippen LogP contribution is -2.23. The van der Waals surface area contributed by atoms with Gasteiger partial charge in [0.15, 0.2) is 0 Å². The summed E-state index contributed by atoms with van der Waals surface area (Å²) >= 11 is 0. The molecule has 0 heterocycles. The molecule has 0 aromatic heterocycles. The first-order chi connectivity index (χ1) is 9.36. The van der Waals surface area contributed by atoms with Crippen LogP contribution in [0.1, 0.15) is 31.2 Å². The van der Waals surface area contributed by atoms with Gasteiger partial charge in [-0.25, -0.2) is 0 Å². The van der Waals surface area contributed by atoms with Crippen molar-refractivity contribution in [2.24, 2.45) is 5.92 Å². The van der Waals surface area contributed by atoms with Crippen LogP contribution < -0.4 is 11.1 Å². The fourth-order valence-corrected chi connectivity index (χ4v) is 2.52. The van der Waals surface area contributed by atoms with E-state index in [1.807, 2.05) is 0 Å². The van der Waals surface area contributed by atoms with E-state index in [1.165, 1.54) is 6.07 Å². The van der Waals surface area contributed by atoms with Gasteiger partial charge in [0, 0.05) is 17.9 Å². The van der Waals surface area contributed by atoms with Crippen molar-refractivity contribution in [3.05, 3.63) is 23.8 Å². The molecule has 3 nitrogen and oxygen atoms in total. The Labute approximate surface area is 116 Å². The Morgan fingerprint density at radius 3 is 2.45 bits per heavy atom. The summed E-state index contributed by atoms with van der Waals surface area (Å²) in [6.45, 7) is 0.619. The number of hydrogen-bond acceptors (Lipinski definition) is 3. The predicted octanol–water partition coefficient (Wildman–Crippen LogP) is 3.25. The largest absolute Gasteiger partial charge is 0.418 e. The van der Waals surface area contributed by atoms with Crippen molar-refractivity contribution in [1.82, 2.24) is 0 Å². The third-order valence-corrected chi connectivity index (χ3v) is 3.77. The van der Waals surface area contributed by atoms with E-state index in [2.05, 4.69) is 5.32 Å². The molecule has 0 bridgehead atoms. The molecule has 112 valence electrons. The summed E-state index contributed by atoms with van der Waals surface area (Å²) in [5, 5.41) is 12.4. The average Bonchev–Trinajstić information content (AvgIpc) is 2.38. The molecular weight excluding hydrogens is 269 g/mol. The van der Waals surface area contributed by atoms with Crippen molar-refractivity contribution in [3.8, 4) is 0 Å². The maximum Gasteiger partial charge on any atom is 0.418 e. The second-order valence-electron chi connectivity index (χ2n) is 5.36. The number of benzene rings is 1. The zero-order chi connectivity index (χ0) is 14.8. The van der Waals surface area contributed by atoms with Gasteiger partial charge >= 0.3 is 6.18 Å². The number of alkyl halides is 3. The molecule has 1 saturated carbocycles. The Hall–Kier alpha value is -1.43. The minimum Gasteiger partial charge on any atom is -0.398 e. The molecule has 0 unspecified atom stereocenters. The Bertz CT molecular complexity index is 454. The summed E-state index contributed by atoms with van der Waals surface area (Å²) in [6.07, 6.45) is -1.33. The molecule has 0 atom stereocenters. The summed E-state index contributed by atoms with van der Waals surface area (Å²) in [5.41, 5.74) is 4.72. The Balaban J connectivity index is 1.96. The number of aliphatic hydroxyl groups is 1. The van der Waals surface area contributed by atoms with E-state index in [4.69, 9.17) is 5.73 Å². The van der Waals surface area contributed by atoms with Gasteiger partial charge in [-0.15, -0.1) is 0 Å². The SMILES string of the molecule is Nc1ccc(NCC2CCC(O)CC2)cc1C(F)(F)F. The standard InChI is InChI=1S/C14H19F3N2O/c15-14(16,17)12-7-10(3-6-13(12)18)19-8-9-1-4-11(20)5-2-9/h3,6-7,9,11,19-20H,1-2,4-5,8,18H2. The van der Waals surface area contributed by atoms with Crippen LogP contribution in [0.3, 0.4) is 0 Å². The molecule has 0 aliphatic heterocycles. The van der Waals surface area contributed by atoms with Crippen LogP contribution in [0.5, 0.6) is 0 Å². The van der Waals surface area contributed by atoms with Gasteiger partial charge in [0.1, 0.15) is 0 Å². The second-order valence-corrected chi connectivity index (χ2v) is 5.36. The number of nitrogens with two attached hydrogens (primary N) is 1. The lowest BCUT2D eigenvalue weighted by molar-refractivity contribution is -0.136. The number of hydrogen-bond donors (Lipinski definition) is 3. The average molecular weight is 288 g/mol. The molecule has 4 N–H and O–H groups in total. The Morgan fingerprint density at radius 2 is 1.85 bits per heavy atom. The fourth-order valence-electron chi connectivity index (χ4n) is 2.52. The van der Waals surface area contributed by atoms with Gasteiger partial charge in [-0.2, -0.15) is 13.2 Å². The molecular formula is C14H19F3N2O. The minimum absolute atomic E-state index is 0.223. The van der Waals surface area contributed by atoms with E-state index in [0.717, 1.165) is 31.7 Å². The van der Waals surface area contributed by atoms with Gasteiger partial charge in [-0.05, 0) is 49.8 Å². The van der Waals surface area contributed by atoms with E-state index in [0.29, 0.717) is 18.2 Å². The summed E-state index contributed by atoms with van der Waals surface area (Å²) in [5.74, 6) is 0.394. The highest BCUT2D eigenvalue weighted by Crippen LogP contribution is 2.35. The third-order valence-electron chi connectivity index (χ3n) is 3.77. The maximum atomic E-state index is 12.7. The van der Waals surface area contributed by atoms with E-state index in [1.54, 1.807) is 6.07 Å². The quantitative estimate of drug-likeness (QED) is 0.748. The highest BCUT2D eigenvalue weighted by molar-refractivity contribution is 5.58. The van der Waals surface area contributed by atoms with Gasteiger partial charge < -0.3 is 16.2 Å². The second kappa shape index (κ2) is 5.91. The van der Waals surface area contributed by atoms with Gasteiger partial charge in [0.25, 0.3) is 0 Å². The molecule has 20 heavy (non-hydrogen) atoms. The van der Waals surface area contributed by atoms with Gasteiger partial charge in [0.2, 0.25) is 0 Å². The third kappa shape index (κ3) is 3.79. The van der Waals surface area contributed by atoms with Crippen LogP contribution in [-0.2, 0) is 6.18 Å². The zero-order valence-electron chi connectivity index (χ0n) is 11.1. The van der Waals surface area contributed by atoms with Crippen molar-refractivity contribution in [1.29, 1.82) is 0 Å². The fraction of sp³-hybridized carbons (Fsp3) is 0.571. The first-order valence-electron chi connectivity index (χ1n) is 6.75. The molecule has 1 fully saturated rings. The minimum atomic E-state index is -4.43. The van der Waals surface area contributed by atoms with E-state index >= 15 is 0 Å². The number of nitrogens with one attached hydrogen (secondary N) is 1. The van der Waals surface area contributed by atoms with E-state index in [-0.39, 0.29) is 11.8 Å². The van der Waals surface area contributed by atoms with Crippen LogP contribution in [0.15, 0.2) is 18.2 Å². The predicted molar refractivity (Wildman–Crippen MR) is 72.3 cm³/mol. The van der Waals surface area contributed by atoms with Crippen LogP contribution in [0, 0.1) is 5.92 Å². The van der Waals surface area contributed by atoms with Crippen molar-refractivity contribution in [2.75, 3.05) is 17.6 Å². The number of aliphatic hydroxyl groups excluding tert-OH is 1. The first-order valence-corrected chi connectivity index (χ1v) is 6.75. The molecule has 1 aliphatic rings. The van der Waals surface area contributed by atoms with Crippen LogP contribution in [-0.4, -0.2) is 17.8 Å². The highest BCUT2D eigenvalue weighted by Gasteiger charge is 2.33. The monoisotopic (exact) mass is 288 g/mol. The summed E-state index contributed by atoms with van der Waals surface area (Å²) in [4.78, 5) is 0. The summed E-state index contributed by atoms with van der Waals surface area (Å²) in [7, 11) is 0. The van der Waals surface area contributed by atoms with E-state index < -0.39 is 11.7 Å². The van der Waals surface area contributed by atoms with Crippen LogP contribution in [0.25, 0.3) is 0 Å².